The normalized spacial score (nSPS) is 11.6. The van der Waals surface area contributed by atoms with Gasteiger partial charge in [0.05, 0.1) is 12.1 Å². The molecule has 182 valence electrons. The SMILES string of the molecule is CCCCCCCCOc1c(OCC=C(C)CCC=C(C)C)c2ccc(N)cc2n(C)c1=O. The number of anilines is 1. The summed E-state index contributed by atoms with van der Waals surface area (Å²) in [6.45, 7) is 9.45. The molecule has 0 radical (unpaired) electrons. The monoisotopic (exact) mass is 454 g/mol. The molecule has 2 aromatic rings. The summed E-state index contributed by atoms with van der Waals surface area (Å²) in [5.41, 5.74) is 9.74. The van der Waals surface area contributed by atoms with Crippen molar-refractivity contribution in [1.82, 2.24) is 4.57 Å². The fourth-order valence-corrected chi connectivity index (χ4v) is 3.78. The maximum Gasteiger partial charge on any atom is 0.297 e. The predicted octanol–water partition coefficient (Wildman–Crippen LogP) is 6.93. The maximum atomic E-state index is 13.1. The van der Waals surface area contributed by atoms with E-state index in [1.807, 2.05) is 18.2 Å². The van der Waals surface area contributed by atoms with Crippen LogP contribution >= 0.6 is 0 Å². The standard InChI is InChI=1S/C28H42N2O3/c1-6-7-8-9-10-11-18-32-27-26(33-19-17-22(4)14-12-13-21(2)3)24-16-15-23(29)20-25(24)30(5)28(27)31/h13,15-17,20H,6-12,14,18-19,29H2,1-5H3. The number of hydrogen-bond acceptors (Lipinski definition) is 4. The number of rotatable bonds is 14. The van der Waals surface area contributed by atoms with Gasteiger partial charge in [-0.05, 0) is 64.3 Å². The molecule has 33 heavy (non-hydrogen) atoms. The van der Waals surface area contributed by atoms with Crippen LogP contribution in [0.1, 0.15) is 79.1 Å². The molecule has 0 aliphatic heterocycles. The molecule has 0 bridgehead atoms. The van der Waals surface area contributed by atoms with Gasteiger partial charge in [-0.3, -0.25) is 4.79 Å². The molecule has 0 saturated carbocycles. The number of aromatic nitrogens is 1. The van der Waals surface area contributed by atoms with Gasteiger partial charge >= 0.3 is 0 Å². The van der Waals surface area contributed by atoms with Crippen molar-refractivity contribution < 1.29 is 9.47 Å². The summed E-state index contributed by atoms with van der Waals surface area (Å²) < 4.78 is 13.8. The van der Waals surface area contributed by atoms with Crippen molar-refractivity contribution in [2.24, 2.45) is 7.05 Å². The van der Waals surface area contributed by atoms with Gasteiger partial charge in [-0.2, -0.15) is 0 Å². The second-order valence-electron chi connectivity index (χ2n) is 9.10. The first-order chi connectivity index (χ1) is 15.8. The van der Waals surface area contributed by atoms with E-state index in [2.05, 4.69) is 39.8 Å². The lowest BCUT2D eigenvalue weighted by molar-refractivity contribution is 0.272. The van der Waals surface area contributed by atoms with Crippen LogP contribution in [-0.2, 0) is 7.05 Å². The Kier molecular flexibility index (Phi) is 11.1. The minimum absolute atomic E-state index is 0.196. The molecule has 1 heterocycles. The smallest absolute Gasteiger partial charge is 0.297 e. The van der Waals surface area contributed by atoms with Crippen LogP contribution in [0.25, 0.3) is 10.9 Å². The first-order valence-corrected chi connectivity index (χ1v) is 12.3. The van der Waals surface area contributed by atoms with Crippen LogP contribution in [-0.4, -0.2) is 17.8 Å². The Morgan fingerprint density at radius 1 is 1.00 bits per heavy atom. The lowest BCUT2D eigenvalue weighted by atomic mass is 10.1. The van der Waals surface area contributed by atoms with E-state index in [4.69, 9.17) is 15.2 Å². The van der Waals surface area contributed by atoms with Crippen LogP contribution in [0.4, 0.5) is 5.69 Å². The van der Waals surface area contributed by atoms with Crippen LogP contribution in [0.2, 0.25) is 0 Å². The number of pyridine rings is 1. The number of aryl methyl sites for hydroxylation is 1. The van der Waals surface area contributed by atoms with Crippen molar-refractivity contribution >= 4 is 16.6 Å². The Balaban J connectivity index is 2.20. The summed E-state index contributed by atoms with van der Waals surface area (Å²) >= 11 is 0. The molecule has 0 aliphatic carbocycles. The highest BCUT2D eigenvalue weighted by molar-refractivity contribution is 5.90. The fraction of sp³-hybridized carbons (Fsp3) is 0.536. The van der Waals surface area contributed by atoms with Crippen molar-refractivity contribution in [3.05, 3.63) is 51.9 Å². The molecule has 1 aromatic carbocycles. The maximum absolute atomic E-state index is 13.1. The quantitative estimate of drug-likeness (QED) is 0.191. The average molecular weight is 455 g/mol. The van der Waals surface area contributed by atoms with Gasteiger partial charge in [-0.25, -0.2) is 0 Å². The first kappa shape index (κ1) is 26.6. The molecule has 1 aromatic heterocycles. The Hall–Kier alpha value is -2.69. The summed E-state index contributed by atoms with van der Waals surface area (Å²) in [5.74, 6) is 0.798. The lowest BCUT2D eigenvalue weighted by Crippen LogP contribution is -2.21. The minimum Gasteiger partial charge on any atom is -0.485 e. The molecule has 0 unspecified atom stereocenters. The molecule has 0 aliphatic rings. The van der Waals surface area contributed by atoms with Crippen LogP contribution in [0, 0.1) is 0 Å². The Morgan fingerprint density at radius 3 is 2.45 bits per heavy atom. The Bertz CT molecular complexity index is 1010. The number of ether oxygens (including phenoxy) is 2. The van der Waals surface area contributed by atoms with Crippen molar-refractivity contribution in [2.45, 2.75) is 79.1 Å². The van der Waals surface area contributed by atoms with E-state index in [1.54, 1.807) is 11.6 Å². The topological polar surface area (TPSA) is 66.5 Å². The number of fused-ring (bicyclic) bond motifs is 1. The fourth-order valence-electron chi connectivity index (χ4n) is 3.78. The van der Waals surface area contributed by atoms with Crippen molar-refractivity contribution in [3.8, 4) is 11.5 Å². The van der Waals surface area contributed by atoms with Gasteiger partial charge in [-0.15, -0.1) is 0 Å². The summed E-state index contributed by atoms with van der Waals surface area (Å²) in [7, 11) is 1.75. The van der Waals surface area contributed by atoms with E-state index in [9.17, 15) is 4.79 Å². The highest BCUT2D eigenvalue weighted by atomic mass is 16.5. The second kappa shape index (κ2) is 13.8. The van der Waals surface area contributed by atoms with Gasteiger partial charge in [-0.1, -0.05) is 56.3 Å². The number of hydrogen-bond donors (Lipinski definition) is 1. The molecule has 5 nitrogen and oxygen atoms in total. The van der Waals surface area contributed by atoms with Gasteiger partial charge in [0.1, 0.15) is 6.61 Å². The number of benzene rings is 1. The van der Waals surface area contributed by atoms with Crippen molar-refractivity contribution in [1.29, 1.82) is 0 Å². The van der Waals surface area contributed by atoms with Crippen LogP contribution in [0.3, 0.4) is 0 Å². The highest BCUT2D eigenvalue weighted by Crippen LogP contribution is 2.33. The van der Waals surface area contributed by atoms with E-state index in [0.29, 0.717) is 30.4 Å². The van der Waals surface area contributed by atoms with E-state index in [0.717, 1.165) is 36.6 Å². The average Bonchev–Trinajstić information content (AvgIpc) is 2.77. The number of nitrogens with zero attached hydrogens (tertiary/aromatic N) is 1. The van der Waals surface area contributed by atoms with E-state index >= 15 is 0 Å². The predicted molar refractivity (Wildman–Crippen MR) is 140 cm³/mol. The molecule has 2 rings (SSSR count). The van der Waals surface area contributed by atoms with Gasteiger partial charge < -0.3 is 19.8 Å². The van der Waals surface area contributed by atoms with Crippen molar-refractivity contribution in [3.63, 3.8) is 0 Å². The molecule has 5 heteroatoms. The zero-order valence-electron chi connectivity index (χ0n) is 21.2. The zero-order chi connectivity index (χ0) is 24.2. The van der Waals surface area contributed by atoms with Crippen LogP contribution < -0.4 is 20.8 Å². The molecular weight excluding hydrogens is 412 g/mol. The number of unbranched alkanes of at least 4 members (excludes halogenated alkanes) is 5. The third-order valence-electron chi connectivity index (χ3n) is 5.83. The molecule has 0 saturated heterocycles. The number of allylic oxidation sites excluding steroid dienone is 3. The third kappa shape index (κ3) is 8.30. The molecule has 2 N–H and O–H groups in total. The molecule has 0 atom stereocenters. The third-order valence-corrected chi connectivity index (χ3v) is 5.83. The van der Waals surface area contributed by atoms with E-state index in [1.165, 1.54) is 36.8 Å². The number of nitrogen functional groups attached to an aromatic ring is 1. The first-order valence-electron chi connectivity index (χ1n) is 12.3. The van der Waals surface area contributed by atoms with E-state index < -0.39 is 0 Å². The van der Waals surface area contributed by atoms with Gasteiger partial charge in [0.25, 0.3) is 5.56 Å². The lowest BCUT2D eigenvalue weighted by Gasteiger charge is -2.17. The van der Waals surface area contributed by atoms with Crippen molar-refractivity contribution in [2.75, 3.05) is 18.9 Å². The van der Waals surface area contributed by atoms with Crippen LogP contribution in [0.5, 0.6) is 11.5 Å². The van der Waals surface area contributed by atoms with E-state index in [-0.39, 0.29) is 5.56 Å². The second-order valence-corrected chi connectivity index (χ2v) is 9.10. The Labute approximate surface area is 199 Å². The molecular formula is C28H42N2O3. The number of nitrogens with two attached hydrogens (primary N) is 1. The summed E-state index contributed by atoms with van der Waals surface area (Å²) in [4.78, 5) is 13.1. The minimum atomic E-state index is -0.196. The largest absolute Gasteiger partial charge is 0.485 e. The zero-order valence-corrected chi connectivity index (χ0v) is 21.2. The van der Waals surface area contributed by atoms with Crippen LogP contribution in [0.15, 0.2) is 46.3 Å². The summed E-state index contributed by atoms with van der Waals surface area (Å²) in [5, 5.41) is 0.833. The van der Waals surface area contributed by atoms with Gasteiger partial charge in [0.15, 0.2) is 5.75 Å². The van der Waals surface area contributed by atoms with Gasteiger partial charge in [0, 0.05) is 18.1 Å². The molecule has 0 spiro atoms. The summed E-state index contributed by atoms with van der Waals surface area (Å²) in [6, 6.07) is 5.54. The molecule has 0 amide bonds. The Morgan fingerprint density at radius 2 is 1.73 bits per heavy atom. The summed E-state index contributed by atoms with van der Waals surface area (Å²) in [6.07, 6.45) is 13.3. The van der Waals surface area contributed by atoms with Gasteiger partial charge in [0.2, 0.25) is 5.75 Å². The highest BCUT2D eigenvalue weighted by Gasteiger charge is 2.18. The molecule has 0 fully saturated rings.